The average molecular weight is 384 g/mol. The highest BCUT2D eigenvalue weighted by atomic mass is 15.2. The van der Waals surface area contributed by atoms with Gasteiger partial charge in [0.05, 0.1) is 17.6 Å². The molecule has 0 bridgehead atoms. The molecule has 8 nitrogen and oxygen atoms in total. The van der Waals surface area contributed by atoms with Crippen molar-refractivity contribution in [3.8, 4) is 5.69 Å². The van der Waals surface area contributed by atoms with Crippen LogP contribution in [0.3, 0.4) is 0 Å². The van der Waals surface area contributed by atoms with Gasteiger partial charge >= 0.3 is 0 Å². The summed E-state index contributed by atoms with van der Waals surface area (Å²) in [5, 5.41) is 6.57. The van der Waals surface area contributed by atoms with Crippen molar-refractivity contribution in [1.82, 2.24) is 29.5 Å². The molecule has 5 aromatic rings. The number of aromatic amines is 1. The number of imidazole rings is 2. The molecule has 5 rings (SSSR count). The van der Waals surface area contributed by atoms with Crippen LogP contribution in [0.4, 0.5) is 11.8 Å². The van der Waals surface area contributed by atoms with Crippen molar-refractivity contribution in [2.75, 3.05) is 17.2 Å². The van der Waals surface area contributed by atoms with E-state index in [0.29, 0.717) is 23.8 Å². The molecule has 3 N–H and O–H groups in total. The topological polar surface area (TPSA) is 96.3 Å². The summed E-state index contributed by atoms with van der Waals surface area (Å²) >= 11 is 0. The summed E-state index contributed by atoms with van der Waals surface area (Å²) < 4.78 is 1.96. The van der Waals surface area contributed by atoms with Crippen molar-refractivity contribution in [2.45, 2.75) is 13.5 Å². The SMILES string of the molecule is CCNc1nc(NCc2nc3ccccc3[nH]2)c2ncn(-c3ccccc3)c2n1. The Morgan fingerprint density at radius 2 is 1.76 bits per heavy atom. The van der Waals surface area contributed by atoms with Crippen molar-refractivity contribution in [2.24, 2.45) is 0 Å². The summed E-state index contributed by atoms with van der Waals surface area (Å²) in [6.07, 6.45) is 1.77. The van der Waals surface area contributed by atoms with Gasteiger partial charge in [0.2, 0.25) is 5.95 Å². The van der Waals surface area contributed by atoms with Gasteiger partial charge in [-0.25, -0.2) is 9.97 Å². The van der Waals surface area contributed by atoms with Gasteiger partial charge in [-0.15, -0.1) is 0 Å². The molecule has 0 radical (unpaired) electrons. The lowest BCUT2D eigenvalue weighted by Crippen LogP contribution is -2.09. The highest BCUT2D eigenvalue weighted by Crippen LogP contribution is 2.24. The van der Waals surface area contributed by atoms with E-state index < -0.39 is 0 Å². The number of hydrogen-bond donors (Lipinski definition) is 3. The molecule has 3 aromatic heterocycles. The molecule has 0 aliphatic rings. The molecule has 29 heavy (non-hydrogen) atoms. The summed E-state index contributed by atoms with van der Waals surface area (Å²) in [6.45, 7) is 3.25. The predicted molar refractivity (Wildman–Crippen MR) is 114 cm³/mol. The number of para-hydroxylation sites is 3. The number of nitrogens with one attached hydrogen (secondary N) is 3. The van der Waals surface area contributed by atoms with Crippen LogP contribution in [0.25, 0.3) is 27.9 Å². The summed E-state index contributed by atoms with van der Waals surface area (Å²) in [5.74, 6) is 2.07. The Hall–Kier alpha value is -3.94. The smallest absolute Gasteiger partial charge is 0.226 e. The molecule has 0 aliphatic carbocycles. The lowest BCUT2D eigenvalue weighted by Gasteiger charge is -2.09. The van der Waals surface area contributed by atoms with Crippen molar-refractivity contribution in [3.63, 3.8) is 0 Å². The number of nitrogens with zero attached hydrogens (tertiary/aromatic N) is 5. The van der Waals surface area contributed by atoms with Crippen LogP contribution in [0, 0.1) is 0 Å². The second kappa shape index (κ2) is 7.23. The number of hydrogen-bond acceptors (Lipinski definition) is 6. The van der Waals surface area contributed by atoms with E-state index in [1.165, 1.54) is 0 Å². The lowest BCUT2D eigenvalue weighted by atomic mass is 10.3. The third-order valence-corrected chi connectivity index (χ3v) is 4.63. The molecule has 0 aliphatic heterocycles. The summed E-state index contributed by atoms with van der Waals surface area (Å²) in [7, 11) is 0. The van der Waals surface area contributed by atoms with Gasteiger partial charge in [0, 0.05) is 12.2 Å². The quantitative estimate of drug-likeness (QED) is 0.413. The molecule has 8 heteroatoms. The molecular formula is C21H20N8. The van der Waals surface area contributed by atoms with Gasteiger partial charge < -0.3 is 15.6 Å². The van der Waals surface area contributed by atoms with Crippen LogP contribution in [0.2, 0.25) is 0 Å². The molecule has 0 saturated carbocycles. The van der Waals surface area contributed by atoms with Crippen LogP contribution in [-0.4, -0.2) is 36.0 Å². The molecule has 2 aromatic carbocycles. The molecule has 3 heterocycles. The molecule has 0 spiro atoms. The monoisotopic (exact) mass is 384 g/mol. The maximum absolute atomic E-state index is 4.67. The van der Waals surface area contributed by atoms with Gasteiger partial charge in [-0.2, -0.15) is 9.97 Å². The zero-order valence-corrected chi connectivity index (χ0v) is 15.9. The third kappa shape index (κ3) is 3.25. The Labute approximate surface area is 167 Å². The standard InChI is InChI=1S/C21H20N8/c1-2-22-21-27-19(23-12-17-25-15-10-6-7-11-16(15)26-17)18-20(28-21)29(13-24-18)14-8-4-3-5-9-14/h3-11,13H,2,12H2,1H3,(H,25,26)(H2,22,23,27,28). The van der Waals surface area contributed by atoms with E-state index in [4.69, 9.17) is 0 Å². The molecule has 0 fully saturated rings. The first-order valence-electron chi connectivity index (χ1n) is 9.53. The number of fused-ring (bicyclic) bond motifs is 2. The molecule has 0 saturated heterocycles. The van der Waals surface area contributed by atoms with E-state index in [0.717, 1.165) is 34.7 Å². The van der Waals surface area contributed by atoms with Gasteiger partial charge in [-0.05, 0) is 31.2 Å². The van der Waals surface area contributed by atoms with E-state index in [-0.39, 0.29) is 0 Å². The van der Waals surface area contributed by atoms with Crippen LogP contribution >= 0.6 is 0 Å². The number of anilines is 2. The molecule has 0 amide bonds. The average Bonchev–Trinajstić information content (AvgIpc) is 3.37. The number of rotatable bonds is 6. The second-order valence-electron chi connectivity index (χ2n) is 6.60. The Morgan fingerprint density at radius 3 is 2.59 bits per heavy atom. The summed E-state index contributed by atoms with van der Waals surface area (Å²) in [6, 6.07) is 18.0. The Bertz CT molecular complexity index is 1240. The van der Waals surface area contributed by atoms with Crippen molar-refractivity contribution < 1.29 is 0 Å². The fourth-order valence-corrected chi connectivity index (χ4v) is 3.29. The van der Waals surface area contributed by atoms with Crippen LogP contribution < -0.4 is 10.6 Å². The normalized spacial score (nSPS) is 11.2. The molecule has 0 atom stereocenters. The van der Waals surface area contributed by atoms with Crippen molar-refractivity contribution >= 4 is 34.0 Å². The maximum Gasteiger partial charge on any atom is 0.226 e. The van der Waals surface area contributed by atoms with Gasteiger partial charge in [-0.3, -0.25) is 4.57 Å². The minimum atomic E-state index is 0.505. The largest absolute Gasteiger partial charge is 0.361 e. The highest BCUT2D eigenvalue weighted by molar-refractivity contribution is 5.85. The number of H-pyrrole nitrogens is 1. The molecular weight excluding hydrogens is 364 g/mol. The Kier molecular flexibility index (Phi) is 4.28. The molecule has 144 valence electrons. The maximum atomic E-state index is 4.67. The minimum absolute atomic E-state index is 0.505. The third-order valence-electron chi connectivity index (χ3n) is 4.63. The van der Waals surface area contributed by atoms with Crippen LogP contribution in [0.5, 0.6) is 0 Å². The minimum Gasteiger partial charge on any atom is -0.361 e. The zero-order valence-electron chi connectivity index (χ0n) is 15.9. The fourth-order valence-electron chi connectivity index (χ4n) is 3.29. The second-order valence-corrected chi connectivity index (χ2v) is 6.60. The molecule has 0 unspecified atom stereocenters. The number of aromatic nitrogens is 6. The zero-order chi connectivity index (χ0) is 19.6. The predicted octanol–water partition coefficient (Wildman–Crippen LogP) is 3.74. The van der Waals surface area contributed by atoms with Crippen molar-refractivity contribution in [3.05, 3.63) is 66.7 Å². The Morgan fingerprint density at radius 1 is 0.931 bits per heavy atom. The van der Waals surface area contributed by atoms with E-state index in [9.17, 15) is 0 Å². The van der Waals surface area contributed by atoms with E-state index in [2.05, 4.69) is 35.6 Å². The van der Waals surface area contributed by atoms with Crippen LogP contribution in [0.15, 0.2) is 60.9 Å². The van der Waals surface area contributed by atoms with Crippen LogP contribution in [-0.2, 0) is 6.54 Å². The highest BCUT2D eigenvalue weighted by Gasteiger charge is 2.14. The van der Waals surface area contributed by atoms with Gasteiger partial charge in [-0.1, -0.05) is 30.3 Å². The van der Waals surface area contributed by atoms with Crippen molar-refractivity contribution in [1.29, 1.82) is 0 Å². The Balaban J connectivity index is 1.52. The van der Waals surface area contributed by atoms with E-state index in [1.807, 2.05) is 66.1 Å². The van der Waals surface area contributed by atoms with E-state index >= 15 is 0 Å². The summed E-state index contributed by atoms with van der Waals surface area (Å²) in [4.78, 5) is 21.8. The first-order valence-corrected chi connectivity index (χ1v) is 9.53. The van der Waals surface area contributed by atoms with Gasteiger partial charge in [0.15, 0.2) is 17.0 Å². The number of benzene rings is 2. The van der Waals surface area contributed by atoms with Gasteiger partial charge in [0.1, 0.15) is 12.2 Å². The first kappa shape index (κ1) is 17.2. The lowest BCUT2D eigenvalue weighted by molar-refractivity contribution is 0.991. The fraction of sp³-hybridized carbons (Fsp3) is 0.143. The summed E-state index contributed by atoms with van der Waals surface area (Å²) in [5.41, 5.74) is 4.41. The van der Waals surface area contributed by atoms with Crippen LogP contribution in [0.1, 0.15) is 12.7 Å². The first-order chi connectivity index (χ1) is 14.3. The van der Waals surface area contributed by atoms with E-state index in [1.54, 1.807) is 6.33 Å². The van der Waals surface area contributed by atoms with Gasteiger partial charge in [0.25, 0.3) is 0 Å².